The third-order valence-electron chi connectivity index (χ3n) is 4.01. The van der Waals surface area contributed by atoms with E-state index in [2.05, 4.69) is 21.3 Å². The molecular weight excluding hydrogens is 266 g/mol. The summed E-state index contributed by atoms with van der Waals surface area (Å²) in [7, 11) is 0. The molecule has 0 radical (unpaired) electrons. The molecule has 3 rings (SSSR count). The summed E-state index contributed by atoms with van der Waals surface area (Å²) in [6.45, 7) is 2.93. The first-order valence-electron chi connectivity index (χ1n) is 7.43. The summed E-state index contributed by atoms with van der Waals surface area (Å²) >= 11 is 0. The highest BCUT2D eigenvalue weighted by atomic mass is 16.3. The van der Waals surface area contributed by atoms with E-state index in [9.17, 15) is 5.11 Å². The Labute approximate surface area is 124 Å². The highest BCUT2D eigenvalue weighted by Gasteiger charge is 2.18. The monoisotopic (exact) mass is 287 g/mol. The minimum Gasteiger partial charge on any atom is -0.467 e. The van der Waals surface area contributed by atoms with Crippen LogP contribution in [-0.4, -0.2) is 29.8 Å². The van der Waals surface area contributed by atoms with E-state index < -0.39 is 0 Å². The second-order valence-electron chi connectivity index (χ2n) is 5.45. The first-order chi connectivity index (χ1) is 10.3. The predicted octanol–water partition coefficient (Wildman–Crippen LogP) is 2.50. The van der Waals surface area contributed by atoms with E-state index >= 15 is 0 Å². The molecule has 0 saturated carbocycles. The van der Waals surface area contributed by atoms with Crippen molar-refractivity contribution in [2.45, 2.75) is 19.4 Å². The van der Waals surface area contributed by atoms with Crippen LogP contribution in [0, 0.1) is 5.92 Å². The van der Waals surface area contributed by atoms with Crippen LogP contribution >= 0.6 is 0 Å². The summed E-state index contributed by atoms with van der Waals surface area (Å²) in [5.41, 5.74) is 1.15. The fourth-order valence-corrected chi connectivity index (χ4v) is 2.64. The van der Waals surface area contributed by atoms with Crippen molar-refractivity contribution in [3.05, 3.63) is 42.5 Å². The summed E-state index contributed by atoms with van der Waals surface area (Å²) in [5, 5.41) is 12.4. The van der Waals surface area contributed by atoms with E-state index in [0.717, 1.165) is 43.2 Å². The molecule has 1 fully saturated rings. The lowest BCUT2D eigenvalue weighted by Gasteiger charge is -2.32. The van der Waals surface area contributed by atoms with Gasteiger partial charge in [0, 0.05) is 19.7 Å². The zero-order chi connectivity index (χ0) is 14.5. The predicted molar refractivity (Wildman–Crippen MR) is 82.3 cm³/mol. The Morgan fingerprint density at radius 2 is 2.14 bits per heavy atom. The van der Waals surface area contributed by atoms with Gasteiger partial charge in [-0.25, -0.2) is 4.98 Å². The smallest absolute Gasteiger partial charge is 0.126 e. The van der Waals surface area contributed by atoms with Crippen molar-refractivity contribution >= 4 is 11.5 Å². The number of nitrogens with zero attached hydrogens (tertiary/aromatic N) is 2. The van der Waals surface area contributed by atoms with Crippen molar-refractivity contribution in [1.29, 1.82) is 0 Å². The highest BCUT2D eigenvalue weighted by Crippen LogP contribution is 2.23. The molecule has 2 N–H and O–H groups in total. The topological polar surface area (TPSA) is 61.5 Å². The lowest BCUT2D eigenvalue weighted by molar-refractivity contribution is 0.203. The average molecular weight is 287 g/mol. The molecule has 0 spiro atoms. The Morgan fingerprint density at radius 3 is 2.76 bits per heavy atom. The first-order valence-corrected chi connectivity index (χ1v) is 7.43. The van der Waals surface area contributed by atoms with Crippen molar-refractivity contribution in [3.8, 4) is 0 Å². The molecular formula is C16H21N3O2. The van der Waals surface area contributed by atoms with E-state index in [1.165, 1.54) is 0 Å². The molecule has 0 unspecified atom stereocenters. The summed E-state index contributed by atoms with van der Waals surface area (Å²) in [6, 6.07) is 7.91. The number of hydrogen-bond donors (Lipinski definition) is 2. The standard InChI is InChI=1S/C16H21N3O2/c20-12-13-5-7-19(8-6-13)14-3-4-16(17-10-14)18-11-15-2-1-9-21-15/h1-4,9-10,13,20H,5-8,11-12H2,(H,17,18). The molecule has 5 heteroatoms. The Kier molecular flexibility index (Phi) is 4.40. The summed E-state index contributed by atoms with van der Waals surface area (Å²) < 4.78 is 5.28. The van der Waals surface area contributed by atoms with Crippen molar-refractivity contribution < 1.29 is 9.52 Å². The largest absolute Gasteiger partial charge is 0.467 e. The lowest BCUT2D eigenvalue weighted by Crippen LogP contribution is -2.34. The Bertz CT molecular complexity index is 531. The van der Waals surface area contributed by atoms with Gasteiger partial charge in [-0.05, 0) is 43.0 Å². The van der Waals surface area contributed by atoms with Crippen LogP contribution in [0.5, 0.6) is 0 Å². The van der Waals surface area contributed by atoms with Crippen LogP contribution in [0.2, 0.25) is 0 Å². The Morgan fingerprint density at radius 1 is 1.29 bits per heavy atom. The number of rotatable bonds is 5. The number of aliphatic hydroxyl groups excluding tert-OH is 1. The lowest BCUT2D eigenvalue weighted by atomic mass is 9.98. The minimum atomic E-state index is 0.307. The molecule has 1 saturated heterocycles. The van der Waals surface area contributed by atoms with Crippen LogP contribution < -0.4 is 10.2 Å². The van der Waals surface area contributed by atoms with Crippen LogP contribution in [0.1, 0.15) is 18.6 Å². The quantitative estimate of drug-likeness (QED) is 0.884. The first kappa shape index (κ1) is 13.9. The van der Waals surface area contributed by atoms with Crippen LogP contribution in [0.25, 0.3) is 0 Å². The number of aromatic nitrogens is 1. The fraction of sp³-hybridized carbons (Fsp3) is 0.438. The number of anilines is 2. The number of pyridine rings is 1. The number of furan rings is 1. The highest BCUT2D eigenvalue weighted by molar-refractivity contribution is 5.49. The molecule has 0 bridgehead atoms. The van der Waals surface area contributed by atoms with Crippen LogP contribution in [0.3, 0.4) is 0 Å². The van der Waals surface area contributed by atoms with Crippen molar-refractivity contribution in [1.82, 2.24) is 4.98 Å². The van der Waals surface area contributed by atoms with Crippen LogP contribution in [0.15, 0.2) is 41.1 Å². The van der Waals surface area contributed by atoms with Crippen molar-refractivity contribution in [3.63, 3.8) is 0 Å². The van der Waals surface area contributed by atoms with Crippen LogP contribution in [0.4, 0.5) is 11.5 Å². The third-order valence-corrected chi connectivity index (χ3v) is 4.01. The fourth-order valence-electron chi connectivity index (χ4n) is 2.64. The van der Waals surface area contributed by atoms with Gasteiger partial charge < -0.3 is 19.7 Å². The number of aliphatic hydroxyl groups is 1. The Hall–Kier alpha value is -2.01. The van der Waals surface area contributed by atoms with Gasteiger partial charge >= 0.3 is 0 Å². The van der Waals surface area contributed by atoms with Gasteiger partial charge in [0.1, 0.15) is 11.6 Å². The zero-order valence-electron chi connectivity index (χ0n) is 12.0. The second kappa shape index (κ2) is 6.63. The zero-order valence-corrected chi connectivity index (χ0v) is 12.0. The maximum atomic E-state index is 9.17. The molecule has 1 aliphatic rings. The summed E-state index contributed by atoms with van der Waals surface area (Å²) in [5.74, 6) is 2.20. The summed E-state index contributed by atoms with van der Waals surface area (Å²) in [4.78, 5) is 6.78. The maximum absolute atomic E-state index is 9.17. The molecule has 1 aliphatic heterocycles. The minimum absolute atomic E-state index is 0.307. The molecule has 0 aromatic carbocycles. The van der Waals surface area contributed by atoms with Gasteiger partial charge in [-0.3, -0.25) is 0 Å². The van der Waals surface area contributed by atoms with Gasteiger partial charge in [0.05, 0.1) is 24.7 Å². The molecule has 2 aromatic rings. The molecule has 112 valence electrons. The van der Waals surface area contributed by atoms with E-state index in [-0.39, 0.29) is 0 Å². The number of piperidine rings is 1. The van der Waals surface area contributed by atoms with Gasteiger partial charge in [-0.15, -0.1) is 0 Å². The van der Waals surface area contributed by atoms with Gasteiger partial charge in [0.15, 0.2) is 0 Å². The van der Waals surface area contributed by atoms with E-state index in [0.29, 0.717) is 19.1 Å². The Balaban J connectivity index is 1.54. The van der Waals surface area contributed by atoms with Crippen molar-refractivity contribution in [2.24, 2.45) is 5.92 Å². The van der Waals surface area contributed by atoms with Gasteiger partial charge in [-0.1, -0.05) is 0 Å². The maximum Gasteiger partial charge on any atom is 0.126 e. The van der Waals surface area contributed by atoms with Crippen LogP contribution in [-0.2, 0) is 6.54 Å². The second-order valence-corrected chi connectivity index (χ2v) is 5.45. The van der Waals surface area contributed by atoms with E-state index in [4.69, 9.17) is 4.42 Å². The van der Waals surface area contributed by atoms with Crippen molar-refractivity contribution in [2.75, 3.05) is 29.9 Å². The van der Waals surface area contributed by atoms with E-state index in [1.807, 2.05) is 24.4 Å². The molecule has 3 heterocycles. The normalized spacial score (nSPS) is 16.1. The number of hydrogen-bond acceptors (Lipinski definition) is 5. The number of nitrogens with one attached hydrogen (secondary N) is 1. The van der Waals surface area contributed by atoms with Gasteiger partial charge in [0.2, 0.25) is 0 Å². The molecule has 2 aromatic heterocycles. The van der Waals surface area contributed by atoms with E-state index in [1.54, 1.807) is 6.26 Å². The SMILES string of the molecule is OCC1CCN(c2ccc(NCc3ccco3)nc2)CC1. The molecule has 0 amide bonds. The molecule has 5 nitrogen and oxygen atoms in total. The average Bonchev–Trinajstić information content (AvgIpc) is 3.07. The third kappa shape index (κ3) is 3.55. The molecule has 0 aliphatic carbocycles. The molecule has 21 heavy (non-hydrogen) atoms. The van der Waals surface area contributed by atoms with Gasteiger partial charge in [0.25, 0.3) is 0 Å². The summed E-state index contributed by atoms with van der Waals surface area (Å²) in [6.07, 6.45) is 5.68. The van der Waals surface area contributed by atoms with Gasteiger partial charge in [-0.2, -0.15) is 0 Å². The molecule has 0 atom stereocenters.